The van der Waals surface area contributed by atoms with E-state index in [0.717, 1.165) is 6.07 Å². The minimum atomic E-state index is -4.19. The molecule has 8 heteroatoms. The molecule has 0 radical (unpaired) electrons. The zero-order valence-corrected chi connectivity index (χ0v) is 13.3. The van der Waals surface area contributed by atoms with Crippen LogP contribution >= 0.6 is 11.6 Å². The Hall–Kier alpha value is -1.62. The average Bonchev–Trinajstić information content (AvgIpc) is 2.34. The van der Waals surface area contributed by atoms with Crippen LogP contribution in [-0.4, -0.2) is 25.5 Å². The average molecular weight is 331 g/mol. The number of rotatable bonds is 4. The minimum absolute atomic E-state index is 0.107. The Morgan fingerprint density at radius 1 is 1.43 bits per heavy atom. The van der Waals surface area contributed by atoms with Gasteiger partial charge >= 0.3 is 5.97 Å². The molecule has 1 atom stereocenters. The predicted octanol–water partition coefficient (Wildman–Crippen LogP) is 1.99. The van der Waals surface area contributed by atoms with Gasteiger partial charge in [-0.1, -0.05) is 32.4 Å². The van der Waals surface area contributed by atoms with E-state index in [1.807, 2.05) is 0 Å². The molecule has 0 spiro atoms. The molecule has 6 nitrogen and oxygen atoms in total. The molecule has 2 N–H and O–H groups in total. The molecule has 1 aromatic rings. The first-order valence-electron chi connectivity index (χ1n) is 5.94. The summed E-state index contributed by atoms with van der Waals surface area (Å²) < 4.78 is 26.8. The van der Waals surface area contributed by atoms with Crippen molar-refractivity contribution in [1.82, 2.24) is 4.72 Å². The van der Waals surface area contributed by atoms with Crippen LogP contribution in [0.3, 0.4) is 0 Å². The van der Waals surface area contributed by atoms with Crippen molar-refractivity contribution in [1.29, 1.82) is 5.26 Å². The third-order valence-electron chi connectivity index (χ3n) is 2.74. The number of hydrogen-bond acceptors (Lipinski definition) is 4. The number of nitrogens with zero attached hydrogens (tertiary/aromatic N) is 1. The molecule has 0 saturated carbocycles. The number of nitriles is 1. The van der Waals surface area contributed by atoms with Gasteiger partial charge in [-0.2, -0.15) is 9.98 Å². The van der Waals surface area contributed by atoms with Gasteiger partial charge in [0.1, 0.15) is 17.0 Å². The van der Waals surface area contributed by atoms with Gasteiger partial charge in [-0.15, -0.1) is 0 Å². The van der Waals surface area contributed by atoms with E-state index in [2.05, 4.69) is 4.72 Å². The third-order valence-corrected chi connectivity index (χ3v) is 4.44. The fourth-order valence-corrected chi connectivity index (χ4v) is 3.44. The number of carboxylic acid groups (broad SMARTS) is 1. The molecule has 114 valence electrons. The fourth-order valence-electron chi connectivity index (χ4n) is 1.63. The maximum Gasteiger partial charge on any atom is 0.322 e. The highest BCUT2D eigenvalue weighted by molar-refractivity contribution is 7.89. The Balaban J connectivity index is 3.33. The Bertz CT molecular complexity index is 702. The van der Waals surface area contributed by atoms with Gasteiger partial charge in [0.25, 0.3) is 0 Å². The summed E-state index contributed by atoms with van der Waals surface area (Å²) in [5, 5.41) is 18.3. The van der Waals surface area contributed by atoms with E-state index in [9.17, 15) is 18.3 Å². The van der Waals surface area contributed by atoms with Gasteiger partial charge in [-0.25, -0.2) is 8.42 Å². The van der Waals surface area contributed by atoms with Gasteiger partial charge in [-0.05, 0) is 23.6 Å². The van der Waals surface area contributed by atoms with E-state index in [0.29, 0.717) is 0 Å². The SMILES string of the molecule is CC(C)(C)[C@H](NS(=O)(=O)c1cc(Cl)ccc1C#N)C(=O)O. The molecule has 0 aromatic heterocycles. The van der Waals surface area contributed by atoms with Gasteiger partial charge in [-0.3, -0.25) is 4.79 Å². The number of sulfonamides is 1. The summed E-state index contributed by atoms with van der Waals surface area (Å²) in [6.07, 6.45) is 0. The van der Waals surface area contributed by atoms with Crippen LogP contribution < -0.4 is 4.72 Å². The van der Waals surface area contributed by atoms with Crippen LogP contribution in [0.5, 0.6) is 0 Å². The lowest BCUT2D eigenvalue weighted by Gasteiger charge is -2.27. The van der Waals surface area contributed by atoms with Crippen LogP contribution in [0, 0.1) is 16.7 Å². The van der Waals surface area contributed by atoms with E-state index in [1.165, 1.54) is 12.1 Å². The van der Waals surface area contributed by atoms with Crippen LogP contribution in [-0.2, 0) is 14.8 Å². The maximum atomic E-state index is 12.3. The first kappa shape index (κ1) is 17.4. The highest BCUT2D eigenvalue weighted by atomic mass is 35.5. The van der Waals surface area contributed by atoms with Crippen molar-refractivity contribution < 1.29 is 18.3 Å². The third kappa shape index (κ3) is 4.17. The zero-order chi connectivity index (χ0) is 16.4. The molecule has 0 heterocycles. The van der Waals surface area contributed by atoms with Crippen LogP contribution in [0.2, 0.25) is 5.02 Å². The summed E-state index contributed by atoms with van der Waals surface area (Å²) in [4.78, 5) is 10.9. The molecule has 0 saturated heterocycles. The van der Waals surface area contributed by atoms with Gasteiger partial charge < -0.3 is 5.11 Å². The Labute approximate surface area is 128 Å². The smallest absolute Gasteiger partial charge is 0.322 e. The van der Waals surface area contributed by atoms with Crippen molar-refractivity contribution in [2.75, 3.05) is 0 Å². The second-order valence-corrected chi connectivity index (χ2v) is 7.63. The van der Waals surface area contributed by atoms with E-state index >= 15 is 0 Å². The molecule has 0 amide bonds. The standard InChI is InChI=1S/C13H15ClN2O4S/c1-13(2,3)11(12(17)18)16-21(19,20)10-6-9(14)5-4-8(10)7-15/h4-6,11,16H,1-3H3,(H,17,18)/t11-/m1/s1. The Morgan fingerprint density at radius 3 is 2.43 bits per heavy atom. The summed E-state index contributed by atoms with van der Waals surface area (Å²) in [7, 11) is -4.19. The van der Waals surface area contributed by atoms with E-state index < -0.39 is 27.4 Å². The van der Waals surface area contributed by atoms with Gasteiger partial charge in [0.15, 0.2) is 0 Å². The van der Waals surface area contributed by atoms with Crippen molar-refractivity contribution >= 4 is 27.6 Å². The largest absolute Gasteiger partial charge is 0.480 e. The molecule has 0 bridgehead atoms. The number of halogens is 1. The molecular weight excluding hydrogens is 316 g/mol. The molecule has 0 aliphatic rings. The van der Waals surface area contributed by atoms with Crippen molar-refractivity contribution in [3.8, 4) is 6.07 Å². The molecule has 0 aliphatic heterocycles. The summed E-state index contributed by atoms with van der Waals surface area (Å²) in [6, 6.07) is 4.17. The predicted molar refractivity (Wildman–Crippen MR) is 77.4 cm³/mol. The summed E-state index contributed by atoms with van der Waals surface area (Å²) in [6.45, 7) is 4.78. The molecule has 0 aliphatic carbocycles. The normalized spacial score (nSPS) is 13.5. The van der Waals surface area contributed by atoms with Crippen LogP contribution in [0.25, 0.3) is 0 Å². The monoisotopic (exact) mass is 330 g/mol. The Morgan fingerprint density at radius 2 is 2.00 bits per heavy atom. The van der Waals surface area contributed by atoms with Crippen LogP contribution in [0.15, 0.2) is 23.1 Å². The van der Waals surface area contributed by atoms with Crippen molar-refractivity contribution in [3.63, 3.8) is 0 Å². The highest BCUT2D eigenvalue weighted by Gasteiger charge is 2.36. The molecule has 0 fully saturated rings. The second-order valence-electron chi connectivity index (χ2n) is 5.51. The molecule has 1 aromatic carbocycles. The van der Waals surface area contributed by atoms with Gasteiger partial charge in [0, 0.05) is 5.02 Å². The van der Waals surface area contributed by atoms with E-state index in [1.54, 1.807) is 26.8 Å². The van der Waals surface area contributed by atoms with Crippen molar-refractivity contribution in [2.24, 2.45) is 5.41 Å². The molecule has 0 unspecified atom stereocenters. The lowest BCUT2D eigenvalue weighted by molar-refractivity contribution is -0.141. The van der Waals surface area contributed by atoms with Crippen LogP contribution in [0.4, 0.5) is 0 Å². The maximum absolute atomic E-state index is 12.3. The minimum Gasteiger partial charge on any atom is -0.480 e. The molecular formula is C13H15ClN2O4S. The summed E-state index contributed by atoms with van der Waals surface area (Å²) >= 11 is 5.75. The van der Waals surface area contributed by atoms with Crippen molar-refractivity contribution in [2.45, 2.75) is 31.7 Å². The molecule has 21 heavy (non-hydrogen) atoms. The lowest BCUT2D eigenvalue weighted by atomic mass is 9.88. The number of nitrogens with one attached hydrogen (secondary N) is 1. The number of hydrogen-bond donors (Lipinski definition) is 2. The zero-order valence-electron chi connectivity index (χ0n) is 11.7. The van der Waals surface area contributed by atoms with Crippen molar-refractivity contribution in [3.05, 3.63) is 28.8 Å². The van der Waals surface area contributed by atoms with E-state index in [4.69, 9.17) is 16.9 Å². The summed E-state index contributed by atoms with van der Waals surface area (Å²) in [5.74, 6) is -1.30. The number of carboxylic acids is 1. The van der Waals surface area contributed by atoms with Gasteiger partial charge in [0.2, 0.25) is 10.0 Å². The number of carbonyl (C=O) groups is 1. The van der Waals surface area contributed by atoms with Gasteiger partial charge in [0.05, 0.1) is 5.56 Å². The number of aliphatic carboxylic acids is 1. The fraction of sp³-hybridized carbons (Fsp3) is 0.385. The van der Waals surface area contributed by atoms with E-state index in [-0.39, 0.29) is 15.5 Å². The molecule has 1 rings (SSSR count). The topological polar surface area (TPSA) is 107 Å². The Kier molecular flexibility index (Phi) is 4.99. The van der Waals surface area contributed by atoms with Crippen LogP contribution in [0.1, 0.15) is 26.3 Å². The first-order chi connectivity index (χ1) is 9.49. The second kappa shape index (κ2) is 6.02. The lowest BCUT2D eigenvalue weighted by Crippen LogP contribution is -2.49. The number of benzene rings is 1. The first-order valence-corrected chi connectivity index (χ1v) is 7.80. The highest BCUT2D eigenvalue weighted by Crippen LogP contribution is 2.24. The quantitative estimate of drug-likeness (QED) is 0.877. The summed E-state index contributed by atoms with van der Waals surface area (Å²) in [5.41, 5.74) is -0.950.